The van der Waals surface area contributed by atoms with Gasteiger partial charge in [-0.05, 0) is 49.6 Å². The van der Waals surface area contributed by atoms with Crippen molar-refractivity contribution in [1.29, 1.82) is 0 Å². The van der Waals surface area contributed by atoms with E-state index in [2.05, 4.69) is 5.32 Å². The maximum absolute atomic E-state index is 13.0. The lowest BCUT2D eigenvalue weighted by Crippen LogP contribution is -2.32. The first kappa shape index (κ1) is 16.1. The third kappa shape index (κ3) is 3.13. The number of nitro groups is 1. The minimum atomic E-state index is -0.468. The molecule has 0 aliphatic heterocycles. The fraction of sp³-hybridized carbons (Fsp3) is 0.278. The van der Waals surface area contributed by atoms with Crippen molar-refractivity contribution in [3.8, 4) is 0 Å². The Kier molecular flexibility index (Phi) is 4.05. The maximum Gasteiger partial charge on any atom is 0.272 e. The first-order valence-corrected chi connectivity index (χ1v) is 7.71. The Labute approximate surface area is 138 Å². The van der Waals surface area contributed by atoms with Crippen molar-refractivity contribution in [2.45, 2.75) is 25.2 Å². The summed E-state index contributed by atoms with van der Waals surface area (Å²) >= 11 is 0. The molecule has 0 radical (unpaired) electrons. The van der Waals surface area contributed by atoms with Crippen LogP contribution in [-0.2, 0) is 5.41 Å². The molecule has 1 aliphatic rings. The van der Waals surface area contributed by atoms with Gasteiger partial charge < -0.3 is 5.32 Å². The third-order valence-electron chi connectivity index (χ3n) is 4.55. The van der Waals surface area contributed by atoms with E-state index in [1.54, 1.807) is 19.1 Å². The molecule has 0 atom stereocenters. The Morgan fingerprint density at radius 1 is 1.25 bits per heavy atom. The van der Waals surface area contributed by atoms with E-state index in [-0.39, 0.29) is 22.8 Å². The predicted molar refractivity (Wildman–Crippen MR) is 87.5 cm³/mol. The average molecular weight is 328 g/mol. The number of hydrogen-bond acceptors (Lipinski definition) is 3. The minimum absolute atomic E-state index is 0.00322. The van der Waals surface area contributed by atoms with Gasteiger partial charge in [-0.1, -0.05) is 12.1 Å². The van der Waals surface area contributed by atoms with Gasteiger partial charge in [0.25, 0.3) is 11.6 Å². The summed E-state index contributed by atoms with van der Waals surface area (Å²) in [6.07, 6.45) is 1.89. The summed E-state index contributed by atoms with van der Waals surface area (Å²) in [5.74, 6) is -0.540. The van der Waals surface area contributed by atoms with Crippen LogP contribution in [0.15, 0.2) is 42.5 Å². The van der Waals surface area contributed by atoms with Crippen LogP contribution in [0.25, 0.3) is 0 Å². The normalized spacial score (nSPS) is 14.9. The molecule has 6 heteroatoms. The summed E-state index contributed by atoms with van der Waals surface area (Å²) in [6, 6.07) is 10.7. The number of rotatable bonds is 5. The molecule has 1 saturated carbocycles. The lowest BCUT2D eigenvalue weighted by atomic mass is 9.96. The molecule has 1 N–H and O–H groups in total. The summed E-state index contributed by atoms with van der Waals surface area (Å²) in [7, 11) is 0. The molecule has 1 fully saturated rings. The number of hydrogen-bond donors (Lipinski definition) is 1. The number of nitro benzene ring substituents is 1. The number of aryl methyl sites for hydroxylation is 1. The van der Waals surface area contributed by atoms with E-state index in [4.69, 9.17) is 0 Å². The number of nitrogens with zero attached hydrogens (tertiary/aromatic N) is 1. The number of amides is 1. The van der Waals surface area contributed by atoms with Gasteiger partial charge in [0, 0.05) is 29.2 Å². The van der Waals surface area contributed by atoms with Crippen LogP contribution >= 0.6 is 0 Å². The smallest absolute Gasteiger partial charge is 0.272 e. The monoisotopic (exact) mass is 328 g/mol. The second-order valence-electron chi connectivity index (χ2n) is 6.23. The third-order valence-corrected chi connectivity index (χ3v) is 4.55. The molecule has 124 valence electrons. The number of carbonyl (C=O) groups excluding carboxylic acids is 1. The zero-order chi connectivity index (χ0) is 17.3. The summed E-state index contributed by atoms with van der Waals surface area (Å²) in [5.41, 5.74) is 1.74. The SMILES string of the molecule is Cc1cc(C(=O)NCC2(c3ccc(F)cc3)CC2)ccc1[N+](=O)[O-]. The molecule has 24 heavy (non-hydrogen) atoms. The highest BCUT2D eigenvalue weighted by molar-refractivity contribution is 5.94. The fourth-order valence-corrected chi connectivity index (χ4v) is 2.87. The van der Waals surface area contributed by atoms with Crippen LogP contribution in [0.1, 0.15) is 34.3 Å². The van der Waals surface area contributed by atoms with Crippen molar-refractivity contribution in [1.82, 2.24) is 5.32 Å². The topological polar surface area (TPSA) is 72.2 Å². The van der Waals surface area contributed by atoms with Crippen LogP contribution in [0.4, 0.5) is 10.1 Å². The van der Waals surface area contributed by atoms with Gasteiger partial charge >= 0.3 is 0 Å². The molecule has 3 rings (SSSR count). The van der Waals surface area contributed by atoms with Crippen LogP contribution in [0.5, 0.6) is 0 Å². The molecule has 1 aliphatic carbocycles. The molecule has 0 bridgehead atoms. The van der Waals surface area contributed by atoms with Crippen molar-refractivity contribution in [3.05, 3.63) is 75.1 Å². The molecule has 0 heterocycles. The van der Waals surface area contributed by atoms with E-state index in [0.717, 1.165) is 18.4 Å². The van der Waals surface area contributed by atoms with E-state index < -0.39 is 4.92 Å². The Morgan fingerprint density at radius 2 is 1.92 bits per heavy atom. The maximum atomic E-state index is 13.0. The minimum Gasteiger partial charge on any atom is -0.351 e. The van der Waals surface area contributed by atoms with Crippen molar-refractivity contribution in [2.75, 3.05) is 6.54 Å². The van der Waals surface area contributed by atoms with Gasteiger partial charge in [0.2, 0.25) is 0 Å². The number of nitrogens with one attached hydrogen (secondary N) is 1. The lowest BCUT2D eigenvalue weighted by Gasteiger charge is -2.17. The molecule has 0 spiro atoms. The van der Waals surface area contributed by atoms with Gasteiger partial charge in [-0.25, -0.2) is 4.39 Å². The van der Waals surface area contributed by atoms with E-state index in [0.29, 0.717) is 17.7 Å². The van der Waals surface area contributed by atoms with E-state index in [9.17, 15) is 19.3 Å². The first-order chi connectivity index (χ1) is 11.4. The summed E-state index contributed by atoms with van der Waals surface area (Å²) in [4.78, 5) is 22.7. The van der Waals surface area contributed by atoms with Gasteiger partial charge in [0.05, 0.1) is 4.92 Å². The highest BCUT2D eigenvalue weighted by Gasteiger charge is 2.44. The number of benzene rings is 2. The number of halogens is 1. The highest BCUT2D eigenvalue weighted by atomic mass is 19.1. The summed E-state index contributed by atoms with van der Waals surface area (Å²) in [6.45, 7) is 2.07. The summed E-state index contributed by atoms with van der Waals surface area (Å²) < 4.78 is 13.0. The highest BCUT2D eigenvalue weighted by Crippen LogP contribution is 2.47. The molecule has 1 amide bonds. The van der Waals surface area contributed by atoms with Crippen LogP contribution < -0.4 is 5.32 Å². The van der Waals surface area contributed by atoms with Crippen LogP contribution in [0.3, 0.4) is 0 Å². The standard InChI is InChI=1S/C18H17FN2O3/c1-12-10-13(2-7-16(12)21(23)24)17(22)20-11-18(8-9-18)14-3-5-15(19)6-4-14/h2-7,10H,8-9,11H2,1H3,(H,20,22). The molecule has 2 aromatic carbocycles. The number of carbonyl (C=O) groups is 1. The Balaban J connectivity index is 1.68. The first-order valence-electron chi connectivity index (χ1n) is 7.71. The van der Waals surface area contributed by atoms with Gasteiger partial charge in [0.15, 0.2) is 0 Å². The van der Waals surface area contributed by atoms with Crippen molar-refractivity contribution < 1.29 is 14.1 Å². The second-order valence-corrected chi connectivity index (χ2v) is 6.23. The Bertz CT molecular complexity index is 798. The zero-order valence-corrected chi connectivity index (χ0v) is 13.2. The van der Waals surface area contributed by atoms with E-state index in [1.807, 2.05) is 0 Å². The molecule has 0 unspecified atom stereocenters. The van der Waals surface area contributed by atoms with Gasteiger partial charge in [-0.15, -0.1) is 0 Å². The van der Waals surface area contributed by atoms with Crippen LogP contribution in [0, 0.1) is 22.9 Å². The van der Waals surface area contributed by atoms with E-state index in [1.165, 1.54) is 30.3 Å². The second kappa shape index (κ2) is 6.03. The Morgan fingerprint density at radius 3 is 2.46 bits per heavy atom. The predicted octanol–water partition coefficient (Wildman–Crippen LogP) is 3.50. The van der Waals surface area contributed by atoms with Crippen molar-refractivity contribution in [3.63, 3.8) is 0 Å². The molecular weight excluding hydrogens is 311 g/mol. The fourth-order valence-electron chi connectivity index (χ4n) is 2.87. The summed E-state index contributed by atoms with van der Waals surface area (Å²) in [5, 5.41) is 13.7. The lowest BCUT2D eigenvalue weighted by molar-refractivity contribution is -0.385. The van der Waals surface area contributed by atoms with Gasteiger partial charge in [-0.2, -0.15) is 0 Å². The van der Waals surface area contributed by atoms with Crippen molar-refractivity contribution in [2.24, 2.45) is 0 Å². The van der Waals surface area contributed by atoms with Gasteiger partial charge in [0.1, 0.15) is 5.82 Å². The van der Waals surface area contributed by atoms with Crippen molar-refractivity contribution >= 4 is 11.6 Å². The quantitative estimate of drug-likeness (QED) is 0.674. The molecule has 5 nitrogen and oxygen atoms in total. The van der Waals surface area contributed by atoms with Gasteiger partial charge in [-0.3, -0.25) is 14.9 Å². The van der Waals surface area contributed by atoms with Crippen LogP contribution in [0.2, 0.25) is 0 Å². The Hall–Kier alpha value is -2.76. The molecule has 0 aromatic heterocycles. The van der Waals surface area contributed by atoms with E-state index >= 15 is 0 Å². The average Bonchev–Trinajstić information content (AvgIpc) is 3.34. The molecule has 2 aromatic rings. The van der Waals surface area contributed by atoms with Crippen LogP contribution in [-0.4, -0.2) is 17.4 Å². The zero-order valence-electron chi connectivity index (χ0n) is 13.2. The largest absolute Gasteiger partial charge is 0.351 e. The molecule has 0 saturated heterocycles. The molecular formula is C18H17FN2O3.